The van der Waals surface area contributed by atoms with Crippen molar-refractivity contribution in [2.45, 2.75) is 75.6 Å². The SMILES string of the molecule is NCC1CC1(NC(=O)N1CCCCC1)C(=O)N[C@H](CC[C@H](Cc1ccccc1)NC(=O)OCc1cncs1)Cc1ccccc1. The van der Waals surface area contributed by atoms with Crippen LogP contribution < -0.4 is 21.7 Å². The summed E-state index contributed by atoms with van der Waals surface area (Å²) in [6, 6.07) is 19.4. The molecular formula is C34H44N6O4S. The highest BCUT2D eigenvalue weighted by molar-refractivity contribution is 7.09. The summed E-state index contributed by atoms with van der Waals surface area (Å²) in [7, 11) is 0. The van der Waals surface area contributed by atoms with Crippen LogP contribution in [0, 0.1) is 5.92 Å². The van der Waals surface area contributed by atoms with Gasteiger partial charge in [0.2, 0.25) is 5.91 Å². The predicted octanol–water partition coefficient (Wildman–Crippen LogP) is 4.40. The van der Waals surface area contributed by atoms with Gasteiger partial charge < -0.3 is 31.3 Å². The number of carbonyl (C=O) groups is 3. The molecule has 1 aliphatic carbocycles. The number of amides is 4. The molecule has 2 heterocycles. The van der Waals surface area contributed by atoms with E-state index in [4.69, 9.17) is 10.5 Å². The molecule has 3 aromatic rings. The molecule has 11 heteroatoms. The van der Waals surface area contributed by atoms with E-state index in [1.54, 1.807) is 16.6 Å². The number of ether oxygens (including phenoxy) is 1. The van der Waals surface area contributed by atoms with Crippen molar-refractivity contribution in [1.29, 1.82) is 0 Å². The van der Waals surface area contributed by atoms with Crippen molar-refractivity contribution in [3.05, 3.63) is 88.4 Å². The van der Waals surface area contributed by atoms with Crippen molar-refractivity contribution >= 4 is 29.4 Å². The van der Waals surface area contributed by atoms with Crippen LogP contribution in [0.15, 0.2) is 72.4 Å². The molecule has 45 heavy (non-hydrogen) atoms. The second-order valence-corrected chi connectivity index (χ2v) is 13.1. The van der Waals surface area contributed by atoms with Crippen LogP contribution in [0.3, 0.4) is 0 Å². The minimum atomic E-state index is -1.000. The van der Waals surface area contributed by atoms with Crippen LogP contribution >= 0.6 is 11.3 Å². The van der Waals surface area contributed by atoms with Crippen LogP contribution in [-0.2, 0) is 29.0 Å². The second-order valence-electron chi connectivity index (χ2n) is 12.1. The van der Waals surface area contributed by atoms with E-state index in [0.29, 0.717) is 51.7 Å². The highest BCUT2D eigenvalue weighted by Gasteiger charge is 2.61. The number of hydrogen-bond donors (Lipinski definition) is 4. The molecule has 5 rings (SSSR count). The number of rotatable bonds is 14. The Morgan fingerprint density at radius 2 is 1.56 bits per heavy atom. The maximum absolute atomic E-state index is 13.9. The highest BCUT2D eigenvalue weighted by atomic mass is 32.1. The highest BCUT2D eigenvalue weighted by Crippen LogP contribution is 2.43. The lowest BCUT2D eigenvalue weighted by Gasteiger charge is -2.30. The van der Waals surface area contributed by atoms with Gasteiger partial charge in [-0.2, -0.15) is 0 Å². The fourth-order valence-electron chi connectivity index (χ4n) is 6.09. The average molecular weight is 633 g/mol. The lowest BCUT2D eigenvalue weighted by Crippen LogP contribution is -2.57. The van der Waals surface area contributed by atoms with Crippen molar-refractivity contribution in [2.24, 2.45) is 11.7 Å². The Bertz CT molecular complexity index is 1370. The van der Waals surface area contributed by atoms with Gasteiger partial charge in [-0.1, -0.05) is 60.7 Å². The van der Waals surface area contributed by atoms with Gasteiger partial charge in [-0.3, -0.25) is 9.78 Å². The van der Waals surface area contributed by atoms with Crippen LogP contribution in [-0.4, -0.2) is 65.2 Å². The summed E-state index contributed by atoms with van der Waals surface area (Å²) >= 11 is 1.43. The molecule has 2 fully saturated rings. The number of alkyl carbamates (subject to hydrolysis) is 1. The van der Waals surface area contributed by atoms with Crippen LogP contribution in [0.25, 0.3) is 0 Å². The molecule has 240 valence electrons. The Morgan fingerprint density at radius 1 is 0.933 bits per heavy atom. The van der Waals surface area contributed by atoms with Gasteiger partial charge in [-0.15, -0.1) is 11.3 Å². The molecule has 0 spiro atoms. The maximum Gasteiger partial charge on any atom is 0.407 e. The van der Waals surface area contributed by atoms with Crippen molar-refractivity contribution in [3.63, 3.8) is 0 Å². The first kappa shape index (κ1) is 32.4. The normalized spacial score (nSPS) is 20.5. The molecule has 0 radical (unpaired) electrons. The first-order chi connectivity index (χ1) is 21.9. The summed E-state index contributed by atoms with van der Waals surface area (Å²) < 4.78 is 5.48. The van der Waals surface area contributed by atoms with Crippen molar-refractivity contribution < 1.29 is 19.1 Å². The summed E-state index contributed by atoms with van der Waals surface area (Å²) in [4.78, 5) is 46.6. The molecule has 1 saturated heterocycles. The van der Waals surface area contributed by atoms with Crippen LogP contribution in [0.5, 0.6) is 0 Å². The monoisotopic (exact) mass is 632 g/mol. The largest absolute Gasteiger partial charge is 0.444 e. The first-order valence-electron chi connectivity index (χ1n) is 15.9. The second kappa shape index (κ2) is 15.9. The van der Waals surface area contributed by atoms with Gasteiger partial charge in [0.1, 0.15) is 12.1 Å². The molecule has 5 N–H and O–H groups in total. The third kappa shape index (κ3) is 9.27. The van der Waals surface area contributed by atoms with Crippen LogP contribution in [0.1, 0.15) is 54.5 Å². The topological polar surface area (TPSA) is 139 Å². The number of aromatic nitrogens is 1. The Labute approximate surface area is 269 Å². The quantitative estimate of drug-likeness (QED) is 0.208. The molecule has 0 bridgehead atoms. The fraction of sp³-hybridized carbons (Fsp3) is 0.471. The molecule has 1 saturated carbocycles. The minimum absolute atomic E-state index is 0.107. The zero-order valence-electron chi connectivity index (χ0n) is 25.7. The lowest BCUT2D eigenvalue weighted by atomic mass is 9.95. The van der Waals surface area contributed by atoms with E-state index in [0.717, 1.165) is 35.3 Å². The van der Waals surface area contributed by atoms with E-state index < -0.39 is 11.6 Å². The summed E-state index contributed by atoms with van der Waals surface area (Å²) in [6.07, 6.45) is 7.24. The van der Waals surface area contributed by atoms with E-state index in [2.05, 4.69) is 20.9 Å². The number of urea groups is 1. The average Bonchev–Trinajstić information content (AvgIpc) is 3.52. The minimum Gasteiger partial charge on any atom is -0.444 e. The van der Waals surface area contributed by atoms with Gasteiger partial charge in [-0.25, -0.2) is 9.59 Å². The Hall–Kier alpha value is -3.96. The number of nitrogens with one attached hydrogen (secondary N) is 3. The number of hydrogen-bond acceptors (Lipinski definition) is 7. The number of nitrogens with zero attached hydrogens (tertiary/aromatic N) is 2. The third-order valence-electron chi connectivity index (χ3n) is 8.77. The number of piperidine rings is 1. The van der Waals surface area contributed by atoms with Crippen molar-refractivity contribution in [3.8, 4) is 0 Å². The zero-order valence-corrected chi connectivity index (χ0v) is 26.5. The zero-order chi connectivity index (χ0) is 31.5. The van der Waals surface area contributed by atoms with E-state index in [-0.39, 0.29) is 36.5 Å². The first-order valence-corrected chi connectivity index (χ1v) is 16.8. The van der Waals surface area contributed by atoms with Crippen LogP contribution in [0.4, 0.5) is 9.59 Å². The lowest BCUT2D eigenvalue weighted by molar-refractivity contribution is -0.125. The van der Waals surface area contributed by atoms with Gasteiger partial charge in [0.15, 0.2) is 0 Å². The van der Waals surface area contributed by atoms with Gasteiger partial charge >= 0.3 is 12.1 Å². The third-order valence-corrected chi connectivity index (χ3v) is 9.52. The van der Waals surface area contributed by atoms with E-state index in [1.165, 1.54) is 11.3 Å². The number of thiazole rings is 1. The molecule has 4 atom stereocenters. The predicted molar refractivity (Wildman–Crippen MR) is 175 cm³/mol. The molecule has 1 aromatic heterocycles. The molecule has 4 amide bonds. The molecule has 2 unspecified atom stereocenters. The van der Waals surface area contributed by atoms with Gasteiger partial charge in [0, 0.05) is 37.3 Å². The summed E-state index contributed by atoms with van der Waals surface area (Å²) in [5.41, 5.74) is 8.92. The molecular weight excluding hydrogens is 588 g/mol. The number of carbonyl (C=O) groups excluding carboxylic acids is 3. The summed E-state index contributed by atoms with van der Waals surface area (Å²) in [5.74, 6) is -0.301. The molecule has 10 nitrogen and oxygen atoms in total. The number of benzene rings is 2. The standard InChI is InChI=1S/C34H44N6O4S/c35-21-27-20-34(27,39-32(42)40-16-8-3-9-17-40)31(41)37-28(18-25-10-4-1-5-11-25)14-15-29(19-26-12-6-2-7-13-26)38-33(43)44-23-30-22-36-24-45-30/h1-2,4-7,10-13,22,24,27-29H,3,8-9,14-21,23,35H2,(H,37,41)(H,38,43)(H,39,42)/t27?,28-,29-,34?/m1/s1. The van der Waals surface area contributed by atoms with Crippen LogP contribution in [0.2, 0.25) is 0 Å². The van der Waals surface area contributed by atoms with E-state index >= 15 is 0 Å². The molecule has 1 aliphatic heterocycles. The molecule has 2 aromatic carbocycles. The van der Waals surface area contributed by atoms with Crippen molar-refractivity contribution in [2.75, 3.05) is 19.6 Å². The van der Waals surface area contributed by atoms with Gasteiger partial charge in [-0.05, 0) is 69.0 Å². The summed E-state index contributed by atoms with van der Waals surface area (Å²) in [5, 5.41) is 9.41. The van der Waals surface area contributed by atoms with E-state index in [9.17, 15) is 14.4 Å². The number of nitrogens with two attached hydrogens (primary N) is 1. The van der Waals surface area contributed by atoms with E-state index in [1.807, 2.05) is 60.7 Å². The van der Waals surface area contributed by atoms with Crippen molar-refractivity contribution in [1.82, 2.24) is 25.8 Å². The maximum atomic E-state index is 13.9. The molecule has 2 aliphatic rings. The van der Waals surface area contributed by atoms with Gasteiger partial charge in [0.25, 0.3) is 0 Å². The summed E-state index contributed by atoms with van der Waals surface area (Å²) in [6.45, 7) is 1.89. The Balaban J connectivity index is 1.27. The van der Waals surface area contributed by atoms with Gasteiger partial charge in [0.05, 0.1) is 10.4 Å². The Kier molecular flexibility index (Phi) is 11.4. The fourth-order valence-corrected chi connectivity index (χ4v) is 6.60. The smallest absolute Gasteiger partial charge is 0.407 e. The number of likely N-dealkylation sites (tertiary alicyclic amines) is 1. The Morgan fingerprint density at radius 3 is 2.11 bits per heavy atom.